The fourth-order valence-corrected chi connectivity index (χ4v) is 3.93. The van der Waals surface area contributed by atoms with E-state index in [9.17, 15) is 4.79 Å². The second kappa shape index (κ2) is 12.1. The first kappa shape index (κ1) is 23.6. The summed E-state index contributed by atoms with van der Waals surface area (Å²) in [6, 6.07) is 19.7. The monoisotopic (exact) mass is 490 g/mol. The SMILES string of the molecule is COC(=O)C=C1[C@@H](OC)O[C@H](CBr)[C@@H](OCc2ccccc2)[C@@H]1OCc1ccccc1. The zero-order valence-corrected chi connectivity index (χ0v) is 19.2. The van der Waals surface area contributed by atoms with Gasteiger partial charge in [0.15, 0.2) is 6.29 Å². The molecule has 0 radical (unpaired) electrons. The first-order valence-corrected chi connectivity index (χ1v) is 11.1. The molecule has 0 amide bonds. The lowest BCUT2D eigenvalue weighted by Crippen LogP contribution is -2.53. The molecule has 0 N–H and O–H groups in total. The van der Waals surface area contributed by atoms with Gasteiger partial charge in [-0.1, -0.05) is 76.6 Å². The number of carbonyl (C=O) groups excluding carboxylic acids is 1. The van der Waals surface area contributed by atoms with Crippen molar-refractivity contribution in [1.29, 1.82) is 0 Å². The highest BCUT2D eigenvalue weighted by Gasteiger charge is 2.44. The number of rotatable bonds is 9. The van der Waals surface area contributed by atoms with E-state index >= 15 is 0 Å². The van der Waals surface area contributed by atoms with Crippen LogP contribution in [-0.4, -0.2) is 50.1 Å². The fraction of sp³-hybridized carbons (Fsp3) is 0.375. The summed E-state index contributed by atoms with van der Waals surface area (Å²) >= 11 is 3.52. The Kier molecular flexibility index (Phi) is 9.24. The molecule has 3 rings (SSSR count). The van der Waals surface area contributed by atoms with E-state index in [-0.39, 0.29) is 6.10 Å². The minimum Gasteiger partial charge on any atom is -0.466 e. The highest BCUT2D eigenvalue weighted by atomic mass is 79.9. The topological polar surface area (TPSA) is 63.2 Å². The smallest absolute Gasteiger partial charge is 0.330 e. The van der Waals surface area contributed by atoms with Crippen LogP contribution >= 0.6 is 15.9 Å². The Morgan fingerprint density at radius 3 is 2.06 bits per heavy atom. The number of benzene rings is 2. The summed E-state index contributed by atoms with van der Waals surface area (Å²) in [4.78, 5) is 12.1. The maximum atomic E-state index is 12.1. The van der Waals surface area contributed by atoms with Crippen LogP contribution < -0.4 is 0 Å². The van der Waals surface area contributed by atoms with Gasteiger partial charge in [0.2, 0.25) is 0 Å². The zero-order chi connectivity index (χ0) is 22.1. The van der Waals surface area contributed by atoms with E-state index in [1.165, 1.54) is 20.3 Å². The number of halogens is 1. The molecule has 2 aromatic rings. The van der Waals surface area contributed by atoms with Crippen LogP contribution in [0.25, 0.3) is 0 Å². The third kappa shape index (κ3) is 6.48. The van der Waals surface area contributed by atoms with Gasteiger partial charge in [-0.25, -0.2) is 4.79 Å². The lowest BCUT2D eigenvalue weighted by molar-refractivity contribution is -0.225. The van der Waals surface area contributed by atoms with Gasteiger partial charge in [-0.2, -0.15) is 0 Å². The van der Waals surface area contributed by atoms with Crippen molar-refractivity contribution in [2.45, 2.75) is 37.8 Å². The number of methoxy groups -OCH3 is 2. The highest BCUT2D eigenvalue weighted by Crippen LogP contribution is 2.32. The maximum Gasteiger partial charge on any atom is 0.330 e. The third-order valence-electron chi connectivity index (χ3n) is 4.97. The van der Waals surface area contributed by atoms with Crippen LogP contribution in [0.3, 0.4) is 0 Å². The molecule has 0 aromatic heterocycles. The van der Waals surface area contributed by atoms with Crippen LogP contribution in [0.4, 0.5) is 0 Å². The molecule has 0 unspecified atom stereocenters. The molecule has 1 aliphatic rings. The largest absolute Gasteiger partial charge is 0.466 e. The lowest BCUT2D eigenvalue weighted by atomic mass is 9.95. The van der Waals surface area contributed by atoms with Gasteiger partial charge in [-0.15, -0.1) is 0 Å². The highest BCUT2D eigenvalue weighted by molar-refractivity contribution is 9.09. The molecule has 0 saturated carbocycles. The molecule has 4 atom stereocenters. The number of alkyl halides is 1. The van der Waals surface area contributed by atoms with Gasteiger partial charge >= 0.3 is 5.97 Å². The average molecular weight is 491 g/mol. The summed E-state index contributed by atoms with van der Waals surface area (Å²) in [7, 11) is 2.86. The Bertz CT molecular complexity index is 842. The Hall–Kier alpha value is -2.03. The van der Waals surface area contributed by atoms with Gasteiger partial charge in [-0.3, -0.25) is 0 Å². The van der Waals surface area contributed by atoms with Gasteiger partial charge in [0.1, 0.15) is 12.2 Å². The van der Waals surface area contributed by atoms with Gasteiger partial charge in [0.25, 0.3) is 0 Å². The molecular weight excluding hydrogens is 464 g/mol. The van der Waals surface area contributed by atoms with Gasteiger partial charge in [0, 0.05) is 24.1 Å². The predicted molar refractivity (Wildman–Crippen MR) is 120 cm³/mol. The number of hydrogen-bond donors (Lipinski definition) is 0. The van der Waals surface area contributed by atoms with Crippen LogP contribution in [-0.2, 0) is 41.7 Å². The van der Waals surface area contributed by atoms with E-state index in [1.54, 1.807) is 0 Å². The summed E-state index contributed by atoms with van der Waals surface area (Å²) in [5, 5.41) is 0.517. The maximum absolute atomic E-state index is 12.1. The number of ether oxygens (including phenoxy) is 5. The molecule has 7 heteroatoms. The number of esters is 1. The molecular formula is C24H27BrO6. The van der Waals surface area contributed by atoms with E-state index in [0.717, 1.165) is 11.1 Å². The van der Waals surface area contributed by atoms with Gasteiger partial charge in [0.05, 0.1) is 26.4 Å². The standard InChI is InChI=1S/C24H27BrO6/c1-27-21(26)13-19-22(29-15-17-9-5-3-6-10-17)23(20(14-25)31-24(19)28-2)30-16-18-11-7-4-8-12-18/h3-13,20,22-24H,14-16H2,1-2H3/t20-,22-,23-,24+/m1/s1. The van der Waals surface area contributed by atoms with Crippen molar-refractivity contribution in [2.24, 2.45) is 0 Å². The zero-order valence-electron chi connectivity index (χ0n) is 17.6. The molecule has 2 aromatic carbocycles. The average Bonchev–Trinajstić information content (AvgIpc) is 2.83. The second-order valence-corrected chi connectivity index (χ2v) is 7.69. The number of carbonyl (C=O) groups is 1. The van der Waals surface area contributed by atoms with Crippen molar-refractivity contribution in [1.82, 2.24) is 0 Å². The van der Waals surface area contributed by atoms with Gasteiger partial charge in [-0.05, 0) is 11.1 Å². The van der Waals surface area contributed by atoms with Crippen molar-refractivity contribution in [3.63, 3.8) is 0 Å². The summed E-state index contributed by atoms with van der Waals surface area (Å²) < 4.78 is 29.0. The van der Waals surface area contributed by atoms with Crippen molar-refractivity contribution in [2.75, 3.05) is 19.5 Å². The normalized spacial score (nSPS) is 24.8. The minimum atomic E-state index is -0.751. The van der Waals surface area contributed by atoms with Crippen LogP contribution in [0, 0.1) is 0 Å². The quantitative estimate of drug-likeness (QED) is 0.300. The molecule has 166 valence electrons. The molecule has 1 aliphatic heterocycles. The van der Waals surface area contributed by atoms with Crippen molar-refractivity contribution >= 4 is 21.9 Å². The first-order chi connectivity index (χ1) is 15.2. The van der Waals surface area contributed by atoms with Crippen LogP contribution in [0.15, 0.2) is 72.3 Å². The molecule has 31 heavy (non-hydrogen) atoms. The van der Waals surface area contributed by atoms with Crippen molar-refractivity contribution in [3.05, 3.63) is 83.4 Å². The van der Waals surface area contributed by atoms with Crippen LogP contribution in [0.2, 0.25) is 0 Å². The molecule has 0 bridgehead atoms. The van der Waals surface area contributed by atoms with Crippen LogP contribution in [0.5, 0.6) is 0 Å². The molecule has 1 heterocycles. The minimum absolute atomic E-state index is 0.343. The summed E-state index contributed by atoms with van der Waals surface area (Å²) in [6.45, 7) is 0.730. The van der Waals surface area contributed by atoms with Crippen LogP contribution in [0.1, 0.15) is 11.1 Å². The molecule has 0 aliphatic carbocycles. The summed E-state index contributed by atoms with van der Waals surface area (Å²) in [6.07, 6.45) is -0.759. The number of hydrogen-bond acceptors (Lipinski definition) is 6. The van der Waals surface area contributed by atoms with E-state index in [1.807, 2.05) is 60.7 Å². The Morgan fingerprint density at radius 2 is 1.55 bits per heavy atom. The lowest BCUT2D eigenvalue weighted by Gasteiger charge is -2.42. The molecule has 6 nitrogen and oxygen atoms in total. The van der Waals surface area contributed by atoms with E-state index in [0.29, 0.717) is 24.1 Å². The van der Waals surface area contributed by atoms with Crippen molar-refractivity contribution in [3.8, 4) is 0 Å². The summed E-state index contributed by atoms with van der Waals surface area (Å²) in [5.74, 6) is -0.506. The van der Waals surface area contributed by atoms with E-state index in [2.05, 4.69) is 15.9 Å². The molecule has 1 fully saturated rings. The fourth-order valence-electron chi connectivity index (χ4n) is 3.41. The Balaban J connectivity index is 1.89. The molecule has 1 saturated heterocycles. The predicted octanol–water partition coefficient (Wildman–Crippen LogP) is 4.02. The molecule has 0 spiro atoms. The van der Waals surface area contributed by atoms with Gasteiger partial charge < -0.3 is 23.7 Å². The Morgan fingerprint density at radius 1 is 0.968 bits per heavy atom. The second-order valence-electron chi connectivity index (χ2n) is 7.04. The Labute approximate surface area is 191 Å². The van der Waals surface area contributed by atoms with E-state index in [4.69, 9.17) is 23.7 Å². The summed E-state index contributed by atoms with van der Waals surface area (Å²) in [5.41, 5.74) is 2.57. The van der Waals surface area contributed by atoms with Crippen molar-refractivity contribution < 1.29 is 28.5 Å². The third-order valence-corrected chi connectivity index (χ3v) is 5.61. The first-order valence-electron chi connectivity index (χ1n) is 10.0. The van der Waals surface area contributed by atoms with E-state index < -0.39 is 24.5 Å².